The number of carbonyl (C=O) groups is 1. The van der Waals surface area contributed by atoms with Gasteiger partial charge in [0.05, 0.1) is 0 Å². The Morgan fingerprint density at radius 2 is 2.20 bits per heavy atom. The monoisotopic (exact) mass is 211 g/mol. The molecular weight excluding hydrogens is 190 g/mol. The number of hydrogen-bond donors (Lipinski definition) is 2. The van der Waals surface area contributed by atoms with Crippen molar-refractivity contribution in [2.75, 3.05) is 13.2 Å². The zero-order chi connectivity index (χ0) is 11.3. The van der Waals surface area contributed by atoms with Gasteiger partial charge in [-0.25, -0.2) is 0 Å². The number of ketones is 1. The first kappa shape index (κ1) is 12.2. The van der Waals surface area contributed by atoms with Gasteiger partial charge in [0.2, 0.25) is 0 Å². The van der Waals surface area contributed by atoms with E-state index in [2.05, 4.69) is 19.2 Å². The first-order valence-corrected chi connectivity index (χ1v) is 5.62. The zero-order valence-electron chi connectivity index (χ0n) is 9.68. The average Bonchev–Trinajstić information content (AvgIpc) is 2.59. The fraction of sp³-hybridized carbons (Fsp3) is 0.750. The minimum absolute atomic E-state index is 0.176. The summed E-state index contributed by atoms with van der Waals surface area (Å²) in [5.74, 6) is 0.227. The molecule has 0 aromatic heterocycles. The van der Waals surface area contributed by atoms with E-state index in [1.54, 1.807) is 6.08 Å². The van der Waals surface area contributed by atoms with Gasteiger partial charge in [0.15, 0.2) is 5.78 Å². The molecule has 0 atom stereocenters. The molecule has 3 heteroatoms. The first-order valence-electron chi connectivity index (χ1n) is 5.62. The molecule has 15 heavy (non-hydrogen) atoms. The third-order valence-electron chi connectivity index (χ3n) is 2.78. The lowest BCUT2D eigenvalue weighted by Crippen LogP contribution is -2.28. The summed E-state index contributed by atoms with van der Waals surface area (Å²) in [6.45, 7) is 5.47. The number of aliphatic hydroxyl groups is 1. The lowest BCUT2D eigenvalue weighted by Gasteiger charge is -2.25. The van der Waals surface area contributed by atoms with Crippen molar-refractivity contribution in [3.63, 3.8) is 0 Å². The summed E-state index contributed by atoms with van der Waals surface area (Å²) in [7, 11) is 0. The van der Waals surface area contributed by atoms with E-state index in [1.165, 1.54) is 0 Å². The molecule has 0 saturated carbocycles. The standard InChI is InChI=1S/C12H21NO2/c1-12(2,6-3-7-14)9-13-10-4-5-11(15)8-10/h8,13-14H,3-7,9H2,1-2H3. The smallest absolute Gasteiger partial charge is 0.157 e. The minimum atomic E-state index is 0.176. The maximum atomic E-state index is 11.0. The molecule has 1 aliphatic carbocycles. The van der Waals surface area contributed by atoms with Gasteiger partial charge in [-0.1, -0.05) is 13.8 Å². The summed E-state index contributed by atoms with van der Waals surface area (Å²) < 4.78 is 0. The second kappa shape index (κ2) is 5.31. The number of allylic oxidation sites excluding steroid dienone is 2. The first-order chi connectivity index (χ1) is 7.03. The number of carbonyl (C=O) groups excluding carboxylic acids is 1. The Hall–Kier alpha value is -0.830. The van der Waals surface area contributed by atoms with E-state index in [4.69, 9.17) is 5.11 Å². The van der Waals surface area contributed by atoms with Gasteiger partial charge in [0, 0.05) is 31.3 Å². The van der Waals surface area contributed by atoms with Crippen LogP contribution in [-0.4, -0.2) is 24.0 Å². The highest BCUT2D eigenvalue weighted by atomic mass is 16.2. The zero-order valence-corrected chi connectivity index (χ0v) is 9.68. The van der Waals surface area contributed by atoms with Gasteiger partial charge in [-0.15, -0.1) is 0 Å². The number of aliphatic hydroxyl groups excluding tert-OH is 1. The van der Waals surface area contributed by atoms with Crippen LogP contribution in [0.4, 0.5) is 0 Å². The second-order valence-corrected chi connectivity index (χ2v) is 4.98. The normalized spacial score (nSPS) is 16.7. The van der Waals surface area contributed by atoms with E-state index in [9.17, 15) is 4.79 Å². The molecule has 2 N–H and O–H groups in total. The van der Waals surface area contributed by atoms with E-state index < -0.39 is 0 Å². The van der Waals surface area contributed by atoms with Crippen molar-refractivity contribution in [3.05, 3.63) is 11.8 Å². The molecule has 0 aromatic rings. The van der Waals surface area contributed by atoms with Crippen molar-refractivity contribution in [2.45, 2.75) is 39.5 Å². The van der Waals surface area contributed by atoms with Crippen molar-refractivity contribution in [3.8, 4) is 0 Å². The Balaban J connectivity index is 2.29. The second-order valence-electron chi connectivity index (χ2n) is 4.98. The minimum Gasteiger partial charge on any atom is -0.396 e. The molecule has 86 valence electrons. The van der Waals surface area contributed by atoms with Crippen LogP contribution in [0, 0.1) is 5.41 Å². The maximum Gasteiger partial charge on any atom is 0.157 e. The van der Waals surface area contributed by atoms with Crippen LogP contribution in [-0.2, 0) is 4.79 Å². The Morgan fingerprint density at radius 1 is 1.47 bits per heavy atom. The van der Waals surface area contributed by atoms with E-state index in [0.717, 1.165) is 31.5 Å². The van der Waals surface area contributed by atoms with Crippen LogP contribution >= 0.6 is 0 Å². The Kier molecular flexibility index (Phi) is 4.33. The molecule has 0 heterocycles. The highest BCUT2D eigenvalue weighted by molar-refractivity contribution is 5.92. The van der Waals surface area contributed by atoms with Gasteiger partial charge in [0.25, 0.3) is 0 Å². The average molecular weight is 211 g/mol. The molecule has 0 unspecified atom stereocenters. The summed E-state index contributed by atoms with van der Waals surface area (Å²) in [6.07, 6.45) is 5.06. The predicted molar refractivity (Wildman–Crippen MR) is 60.4 cm³/mol. The summed E-state index contributed by atoms with van der Waals surface area (Å²) >= 11 is 0. The van der Waals surface area contributed by atoms with Gasteiger partial charge < -0.3 is 10.4 Å². The highest BCUT2D eigenvalue weighted by Crippen LogP contribution is 2.22. The summed E-state index contributed by atoms with van der Waals surface area (Å²) in [4.78, 5) is 11.0. The maximum absolute atomic E-state index is 11.0. The van der Waals surface area contributed by atoms with Crippen LogP contribution in [0.1, 0.15) is 39.5 Å². The van der Waals surface area contributed by atoms with Crippen molar-refractivity contribution >= 4 is 5.78 Å². The molecular formula is C12H21NO2. The SMILES string of the molecule is CC(C)(CCCO)CNC1=CC(=O)CC1. The molecule has 1 aliphatic rings. The van der Waals surface area contributed by atoms with Gasteiger partial charge in [0.1, 0.15) is 0 Å². The van der Waals surface area contributed by atoms with Crippen LogP contribution in [0.25, 0.3) is 0 Å². The molecule has 3 nitrogen and oxygen atoms in total. The molecule has 0 spiro atoms. The third-order valence-corrected chi connectivity index (χ3v) is 2.78. The molecule has 0 radical (unpaired) electrons. The van der Waals surface area contributed by atoms with Crippen LogP contribution < -0.4 is 5.32 Å². The summed E-state index contributed by atoms with van der Waals surface area (Å²) in [6, 6.07) is 0. The largest absolute Gasteiger partial charge is 0.396 e. The molecule has 0 bridgehead atoms. The molecule has 1 rings (SSSR count). The Morgan fingerprint density at radius 3 is 2.73 bits per heavy atom. The third kappa shape index (κ3) is 4.47. The quantitative estimate of drug-likeness (QED) is 0.702. The van der Waals surface area contributed by atoms with Crippen molar-refractivity contribution in [2.24, 2.45) is 5.41 Å². The molecule has 0 fully saturated rings. The van der Waals surface area contributed by atoms with Crippen LogP contribution in [0.15, 0.2) is 11.8 Å². The van der Waals surface area contributed by atoms with E-state index in [0.29, 0.717) is 6.42 Å². The molecule has 0 aromatic carbocycles. The highest BCUT2D eigenvalue weighted by Gasteiger charge is 2.19. The van der Waals surface area contributed by atoms with Gasteiger partial charge in [-0.2, -0.15) is 0 Å². The Bertz CT molecular complexity index is 256. The van der Waals surface area contributed by atoms with E-state index in [-0.39, 0.29) is 17.8 Å². The van der Waals surface area contributed by atoms with Crippen LogP contribution in [0.5, 0.6) is 0 Å². The molecule has 0 saturated heterocycles. The fourth-order valence-electron chi connectivity index (χ4n) is 1.73. The van der Waals surface area contributed by atoms with E-state index in [1.807, 2.05) is 0 Å². The topological polar surface area (TPSA) is 49.3 Å². The van der Waals surface area contributed by atoms with Crippen LogP contribution in [0.3, 0.4) is 0 Å². The van der Waals surface area contributed by atoms with Crippen molar-refractivity contribution in [1.82, 2.24) is 5.32 Å². The Labute approximate surface area is 91.6 Å². The predicted octanol–water partition coefficient (Wildman–Crippen LogP) is 1.62. The van der Waals surface area contributed by atoms with Gasteiger partial charge >= 0.3 is 0 Å². The molecule has 0 aliphatic heterocycles. The number of nitrogens with one attached hydrogen (secondary N) is 1. The van der Waals surface area contributed by atoms with Crippen LogP contribution in [0.2, 0.25) is 0 Å². The summed E-state index contributed by atoms with van der Waals surface area (Å²) in [5.41, 5.74) is 1.24. The number of hydrogen-bond acceptors (Lipinski definition) is 3. The van der Waals surface area contributed by atoms with Gasteiger partial charge in [-0.3, -0.25) is 4.79 Å². The number of rotatable bonds is 6. The van der Waals surface area contributed by atoms with Crippen molar-refractivity contribution in [1.29, 1.82) is 0 Å². The lowest BCUT2D eigenvalue weighted by molar-refractivity contribution is -0.114. The molecule has 0 amide bonds. The van der Waals surface area contributed by atoms with Gasteiger partial charge in [-0.05, 0) is 24.7 Å². The van der Waals surface area contributed by atoms with E-state index >= 15 is 0 Å². The fourth-order valence-corrected chi connectivity index (χ4v) is 1.73. The van der Waals surface area contributed by atoms with Crippen molar-refractivity contribution < 1.29 is 9.90 Å². The summed E-state index contributed by atoms with van der Waals surface area (Å²) in [5, 5.41) is 12.1. The lowest BCUT2D eigenvalue weighted by atomic mass is 9.88.